The summed E-state index contributed by atoms with van der Waals surface area (Å²) in [5, 5.41) is 6.72. The number of carbonyl (C=O) groups excluding carboxylic acids is 3. The van der Waals surface area contributed by atoms with Gasteiger partial charge in [0.25, 0.3) is 5.91 Å². The van der Waals surface area contributed by atoms with E-state index in [0.29, 0.717) is 24.4 Å². The lowest BCUT2D eigenvalue weighted by Crippen LogP contribution is -2.49. The lowest BCUT2D eigenvalue weighted by atomic mass is 9.75. The highest BCUT2D eigenvalue weighted by atomic mass is 32.1. The largest absolute Gasteiger partial charge is 0.325 e. The number of thiazole rings is 1. The van der Waals surface area contributed by atoms with Gasteiger partial charge in [0.2, 0.25) is 5.91 Å². The number of hydrogen-bond donors (Lipinski definition) is 2. The molecular weight excluding hydrogens is 448 g/mol. The van der Waals surface area contributed by atoms with E-state index in [9.17, 15) is 14.4 Å². The van der Waals surface area contributed by atoms with E-state index >= 15 is 0 Å². The van der Waals surface area contributed by atoms with E-state index in [1.807, 2.05) is 42.5 Å². The Balaban J connectivity index is 1.18. The summed E-state index contributed by atoms with van der Waals surface area (Å²) in [5.41, 5.74) is 1.90. The Morgan fingerprint density at radius 3 is 2.59 bits per heavy atom. The first kappa shape index (κ1) is 22.5. The van der Waals surface area contributed by atoms with Gasteiger partial charge < -0.3 is 10.6 Å². The van der Waals surface area contributed by atoms with Crippen LogP contribution in [0.5, 0.6) is 0 Å². The third-order valence-corrected chi connectivity index (χ3v) is 8.05. The second-order valence-corrected chi connectivity index (χ2v) is 10.4. The lowest BCUT2D eigenvalue weighted by molar-refractivity contribution is -0.135. The van der Waals surface area contributed by atoms with Crippen molar-refractivity contribution in [1.29, 1.82) is 0 Å². The summed E-state index contributed by atoms with van der Waals surface area (Å²) in [6.45, 7) is 1.87. The summed E-state index contributed by atoms with van der Waals surface area (Å²) in [7, 11) is 0. The van der Waals surface area contributed by atoms with Crippen LogP contribution in [0.25, 0.3) is 10.2 Å². The number of para-hydroxylation sites is 1. The van der Waals surface area contributed by atoms with Crippen molar-refractivity contribution in [3.05, 3.63) is 59.1 Å². The molecule has 1 saturated carbocycles. The predicted molar refractivity (Wildman–Crippen MR) is 133 cm³/mol. The molecule has 1 aliphatic heterocycles. The van der Waals surface area contributed by atoms with Crippen LogP contribution in [-0.2, 0) is 16.0 Å². The smallest absolute Gasteiger partial charge is 0.325 e. The molecule has 0 unspecified atom stereocenters. The second-order valence-electron chi connectivity index (χ2n) is 9.25. The molecule has 2 aromatic carbocycles. The van der Waals surface area contributed by atoms with Crippen LogP contribution in [0.1, 0.15) is 49.6 Å². The van der Waals surface area contributed by atoms with Crippen LogP contribution in [0.4, 0.5) is 10.5 Å². The number of fused-ring (bicyclic) bond motifs is 1. The summed E-state index contributed by atoms with van der Waals surface area (Å²) < 4.78 is 1.17. The fourth-order valence-corrected chi connectivity index (χ4v) is 5.96. The molecule has 2 N–H and O–H groups in total. The van der Waals surface area contributed by atoms with Crippen LogP contribution in [0, 0.1) is 5.92 Å². The van der Waals surface area contributed by atoms with Gasteiger partial charge in [-0.2, -0.15) is 0 Å². The molecule has 1 spiro atoms. The van der Waals surface area contributed by atoms with Gasteiger partial charge in [0.1, 0.15) is 12.1 Å². The lowest BCUT2D eigenvalue weighted by Gasteiger charge is -2.34. The van der Waals surface area contributed by atoms with Crippen LogP contribution in [-0.4, -0.2) is 39.8 Å². The minimum absolute atomic E-state index is 0.270. The third kappa shape index (κ3) is 4.42. The Hall–Kier alpha value is -3.26. The number of carbonyl (C=O) groups is 3. The molecule has 0 atom stereocenters. The van der Waals surface area contributed by atoms with Gasteiger partial charge in [-0.05, 0) is 61.4 Å². The van der Waals surface area contributed by atoms with E-state index in [1.54, 1.807) is 11.3 Å². The summed E-state index contributed by atoms with van der Waals surface area (Å²) >= 11 is 1.68. The maximum absolute atomic E-state index is 13.0. The van der Waals surface area contributed by atoms with Crippen LogP contribution < -0.4 is 10.6 Å². The van der Waals surface area contributed by atoms with Gasteiger partial charge in [0.15, 0.2) is 0 Å². The van der Waals surface area contributed by atoms with Crippen LogP contribution in [0.3, 0.4) is 0 Å². The minimum atomic E-state index is -0.828. The summed E-state index contributed by atoms with van der Waals surface area (Å²) in [4.78, 5) is 43.8. The zero-order chi connectivity index (χ0) is 23.7. The van der Waals surface area contributed by atoms with E-state index < -0.39 is 11.6 Å². The molecule has 2 heterocycles. The van der Waals surface area contributed by atoms with Gasteiger partial charge in [-0.1, -0.05) is 37.6 Å². The fraction of sp³-hybridized carbons (Fsp3) is 0.385. The number of hydrogen-bond acceptors (Lipinski definition) is 5. The zero-order valence-corrected chi connectivity index (χ0v) is 20.0. The average Bonchev–Trinajstić information content (AvgIpc) is 3.34. The highest BCUT2D eigenvalue weighted by molar-refractivity contribution is 7.18. The van der Waals surface area contributed by atoms with Gasteiger partial charge in [0, 0.05) is 12.1 Å². The van der Waals surface area contributed by atoms with Crippen LogP contribution in [0.2, 0.25) is 0 Å². The van der Waals surface area contributed by atoms with Gasteiger partial charge in [-0.25, -0.2) is 9.78 Å². The van der Waals surface area contributed by atoms with Crippen molar-refractivity contribution >= 4 is 45.1 Å². The third-order valence-electron chi connectivity index (χ3n) is 7.01. The van der Waals surface area contributed by atoms with Crippen molar-refractivity contribution in [3.8, 4) is 0 Å². The Bertz CT molecular complexity index is 1200. The zero-order valence-electron chi connectivity index (χ0n) is 19.2. The van der Waals surface area contributed by atoms with Crippen LogP contribution >= 0.6 is 11.3 Å². The predicted octanol–water partition coefficient (Wildman–Crippen LogP) is 4.72. The summed E-state index contributed by atoms with van der Waals surface area (Å²) in [5.74, 6) is -0.0552. The Labute approximate surface area is 202 Å². The molecule has 3 aromatic rings. The molecule has 5 rings (SSSR count). The Morgan fingerprint density at radius 1 is 1.15 bits per heavy atom. The number of imide groups is 1. The molecule has 1 aliphatic carbocycles. The monoisotopic (exact) mass is 476 g/mol. The summed E-state index contributed by atoms with van der Waals surface area (Å²) in [6.07, 6.45) is 4.94. The first-order valence-electron chi connectivity index (χ1n) is 11.8. The maximum atomic E-state index is 13.0. The Morgan fingerprint density at radius 2 is 1.88 bits per heavy atom. The molecule has 8 heteroatoms. The highest BCUT2D eigenvalue weighted by Crippen LogP contribution is 2.37. The average molecular weight is 477 g/mol. The molecule has 7 nitrogen and oxygen atoms in total. The Kier molecular flexibility index (Phi) is 6.08. The van der Waals surface area contributed by atoms with Gasteiger partial charge in [-0.15, -0.1) is 11.3 Å². The number of urea groups is 1. The minimum Gasteiger partial charge on any atom is -0.325 e. The van der Waals surface area contributed by atoms with E-state index in [4.69, 9.17) is 0 Å². The molecule has 1 saturated heterocycles. The van der Waals surface area contributed by atoms with Gasteiger partial charge in [0.05, 0.1) is 15.2 Å². The molecule has 176 valence electrons. The van der Waals surface area contributed by atoms with Crippen molar-refractivity contribution in [3.63, 3.8) is 0 Å². The number of nitrogens with one attached hydrogen (secondary N) is 2. The van der Waals surface area contributed by atoms with Gasteiger partial charge in [-0.3, -0.25) is 14.5 Å². The molecule has 1 aromatic heterocycles. The quantitative estimate of drug-likeness (QED) is 0.504. The van der Waals surface area contributed by atoms with Crippen molar-refractivity contribution < 1.29 is 14.4 Å². The topological polar surface area (TPSA) is 91.4 Å². The number of rotatable bonds is 6. The molecule has 4 amide bonds. The van der Waals surface area contributed by atoms with E-state index in [0.717, 1.165) is 46.7 Å². The normalized spacial score (nSPS) is 22.4. The van der Waals surface area contributed by atoms with Crippen molar-refractivity contribution in [2.75, 3.05) is 11.9 Å². The highest BCUT2D eigenvalue weighted by Gasteiger charge is 2.52. The maximum Gasteiger partial charge on any atom is 0.325 e. The van der Waals surface area contributed by atoms with E-state index in [-0.39, 0.29) is 18.4 Å². The second kappa shape index (κ2) is 9.18. The van der Waals surface area contributed by atoms with E-state index in [2.05, 4.69) is 28.6 Å². The first-order chi connectivity index (χ1) is 16.5. The fourth-order valence-electron chi connectivity index (χ4n) is 4.96. The van der Waals surface area contributed by atoms with Crippen LogP contribution in [0.15, 0.2) is 48.5 Å². The van der Waals surface area contributed by atoms with Crippen molar-refractivity contribution in [2.24, 2.45) is 5.92 Å². The number of benzene rings is 2. The molecule has 2 aliphatic rings. The molecular formula is C26H28N4O3S. The number of amides is 4. The van der Waals surface area contributed by atoms with Crippen molar-refractivity contribution in [2.45, 2.75) is 51.0 Å². The number of anilines is 1. The summed E-state index contributed by atoms with van der Waals surface area (Å²) in [6, 6.07) is 15.2. The van der Waals surface area contributed by atoms with E-state index in [1.165, 1.54) is 4.70 Å². The van der Waals surface area contributed by atoms with Crippen molar-refractivity contribution in [1.82, 2.24) is 15.2 Å². The standard InChI is InChI=1S/C26H28N4O3S/c1-2-17-11-13-26(14-12-17)24(32)30(25(33)29-26)16-22(31)27-19-9-7-18(8-10-19)15-23-28-20-5-3-4-6-21(20)34-23/h3-10,17H,2,11-16H2,1H3,(H,27,31)(H,29,33). The SMILES string of the molecule is CCC1CCC2(CC1)NC(=O)N(CC(=O)Nc1ccc(Cc3nc4ccccc4s3)cc1)C2=O. The van der Waals surface area contributed by atoms with Gasteiger partial charge >= 0.3 is 6.03 Å². The molecule has 0 radical (unpaired) electrons. The first-order valence-corrected chi connectivity index (χ1v) is 12.6. The number of aromatic nitrogens is 1. The molecule has 2 fully saturated rings. The number of nitrogens with zero attached hydrogens (tertiary/aromatic N) is 2. The molecule has 34 heavy (non-hydrogen) atoms. The molecule has 0 bridgehead atoms.